The van der Waals surface area contributed by atoms with Crippen LogP contribution in [0.3, 0.4) is 0 Å². The van der Waals surface area contributed by atoms with Crippen LogP contribution < -0.4 is 11.1 Å². The number of hydrogen-bond acceptors (Lipinski definition) is 5. The van der Waals surface area contributed by atoms with E-state index in [1.807, 2.05) is 0 Å². The van der Waals surface area contributed by atoms with Crippen molar-refractivity contribution in [2.45, 2.75) is 49.3 Å². The third kappa shape index (κ3) is 3.70. The van der Waals surface area contributed by atoms with Crippen molar-refractivity contribution in [1.29, 1.82) is 0 Å². The second kappa shape index (κ2) is 7.41. The predicted molar refractivity (Wildman–Crippen MR) is 105 cm³/mol. The molecule has 2 atom stereocenters. The largest absolute Gasteiger partial charge is 0.347 e. The van der Waals surface area contributed by atoms with E-state index in [0.717, 1.165) is 31.9 Å². The molecule has 148 valence electrons. The number of amides is 1. The van der Waals surface area contributed by atoms with Crippen LogP contribution in [0, 0.1) is 11.8 Å². The third-order valence-corrected chi connectivity index (χ3v) is 6.69. The van der Waals surface area contributed by atoms with E-state index in [4.69, 9.17) is 5.73 Å². The minimum Gasteiger partial charge on any atom is -0.347 e. The van der Waals surface area contributed by atoms with E-state index >= 15 is 0 Å². The molecule has 0 aliphatic heterocycles. The van der Waals surface area contributed by atoms with Crippen LogP contribution in [0.25, 0.3) is 5.52 Å². The first-order chi connectivity index (χ1) is 12.3. The van der Waals surface area contributed by atoms with Gasteiger partial charge < -0.3 is 11.1 Å². The van der Waals surface area contributed by atoms with Crippen LogP contribution in [0.1, 0.15) is 42.6 Å². The maximum Gasteiger partial charge on any atom is 0.272 e. The van der Waals surface area contributed by atoms with Gasteiger partial charge in [-0.05, 0) is 49.7 Å². The predicted octanol–water partition coefficient (Wildman–Crippen LogP) is 1.80. The summed E-state index contributed by atoms with van der Waals surface area (Å²) >= 11 is 0. The van der Waals surface area contributed by atoms with Gasteiger partial charge in [0.2, 0.25) is 15.0 Å². The van der Waals surface area contributed by atoms with Crippen LogP contribution in [-0.2, 0) is 9.84 Å². The van der Waals surface area contributed by atoms with Gasteiger partial charge in [0.15, 0.2) is 5.69 Å². The van der Waals surface area contributed by atoms with E-state index in [9.17, 15) is 13.2 Å². The molecule has 2 aromatic heterocycles. The standard InChI is InChI=1S/C18H24N4O3S.ClH/c1-26(24,25)18-21-16(14-7-2-3-8-22(14)18)17(23)20-15-11-5-4-6-12(15)10-13(19)9-11;/h2-3,7-8,11-13,15H,4-6,9-10,19H2,1H3,(H,20,23);1H. The van der Waals surface area contributed by atoms with Crippen molar-refractivity contribution in [3.05, 3.63) is 30.1 Å². The number of nitrogens with zero attached hydrogens (tertiary/aromatic N) is 2. The average Bonchev–Trinajstić information content (AvgIpc) is 2.95. The van der Waals surface area contributed by atoms with Crippen LogP contribution in [-0.4, -0.2) is 42.0 Å². The maximum atomic E-state index is 13.0. The maximum absolute atomic E-state index is 13.0. The molecule has 1 amide bonds. The molecular formula is C18H25ClN4O3S. The van der Waals surface area contributed by atoms with Gasteiger partial charge in [0.25, 0.3) is 5.91 Å². The van der Waals surface area contributed by atoms with Gasteiger partial charge in [-0.15, -0.1) is 12.4 Å². The van der Waals surface area contributed by atoms with E-state index < -0.39 is 9.84 Å². The molecule has 2 fully saturated rings. The Bertz CT molecular complexity index is 945. The number of aromatic nitrogens is 2. The van der Waals surface area contributed by atoms with E-state index in [1.54, 1.807) is 24.4 Å². The molecule has 0 aromatic carbocycles. The molecule has 0 spiro atoms. The van der Waals surface area contributed by atoms with Crippen molar-refractivity contribution in [1.82, 2.24) is 14.7 Å². The summed E-state index contributed by atoms with van der Waals surface area (Å²) in [6, 6.07) is 5.52. The quantitative estimate of drug-likeness (QED) is 0.799. The normalized spacial score (nSPS) is 27.8. The Morgan fingerprint density at radius 1 is 1.26 bits per heavy atom. The number of fused-ring (bicyclic) bond motifs is 3. The highest BCUT2D eigenvalue weighted by molar-refractivity contribution is 7.90. The van der Waals surface area contributed by atoms with Gasteiger partial charge in [-0.3, -0.25) is 9.20 Å². The van der Waals surface area contributed by atoms with E-state index in [1.165, 1.54) is 10.8 Å². The summed E-state index contributed by atoms with van der Waals surface area (Å²) in [5, 5.41) is 3.04. The number of nitrogens with two attached hydrogens (primary N) is 1. The molecule has 2 heterocycles. The number of hydrogen-bond donors (Lipinski definition) is 2. The Hall–Kier alpha value is -1.64. The van der Waals surface area contributed by atoms with Gasteiger partial charge in [-0.25, -0.2) is 13.4 Å². The molecule has 2 aliphatic rings. The summed E-state index contributed by atoms with van der Waals surface area (Å²) in [5.74, 6) is 0.482. The summed E-state index contributed by atoms with van der Waals surface area (Å²) in [5.41, 5.74) is 6.83. The summed E-state index contributed by atoms with van der Waals surface area (Å²) in [6.45, 7) is 0. The van der Waals surface area contributed by atoms with Crippen molar-refractivity contribution in [2.24, 2.45) is 17.6 Å². The Morgan fingerprint density at radius 3 is 2.56 bits per heavy atom. The number of halogens is 1. The zero-order chi connectivity index (χ0) is 18.5. The van der Waals surface area contributed by atoms with Gasteiger partial charge >= 0.3 is 0 Å². The average molecular weight is 413 g/mol. The van der Waals surface area contributed by atoms with E-state index in [0.29, 0.717) is 17.4 Å². The third-order valence-electron chi connectivity index (χ3n) is 5.74. The Morgan fingerprint density at radius 2 is 1.93 bits per heavy atom. The number of rotatable bonds is 3. The Labute approximate surface area is 165 Å². The molecule has 3 N–H and O–H groups in total. The van der Waals surface area contributed by atoms with Gasteiger partial charge in [0.05, 0.1) is 5.52 Å². The fourth-order valence-corrected chi connectivity index (χ4v) is 5.46. The number of carbonyl (C=O) groups is 1. The van der Waals surface area contributed by atoms with Crippen LogP contribution in [0.2, 0.25) is 0 Å². The lowest BCUT2D eigenvalue weighted by atomic mass is 9.67. The minimum atomic E-state index is -3.54. The van der Waals surface area contributed by atoms with Crippen molar-refractivity contribution in [3.8, 4) is 0 Å². The second-order valence-electron chi connectivity index (χ2n) is 7.65. The molecule has 2 unspecified atom stereocenters. The van der Waals surface area contributed by atoms with Crippen LogP contribution >= 0.6 is 12.4 Å². The number of pyridine rings is 1. The zero-order valence-corrected chi connectivity index (χ0v) is 16.8. The summed E-state index contributed by atoms with van der Waals surface area (Å²) < 4.78 is 25.5. The van der Waals surface area contributed by atoms with Gasteiger partial charge in [0, 0.05) is 24.5 Å². The molecule has 2 aromatic rings. The Balaban J connectivity index is 0.00000210. The molecular weight excluding hydrogens is 388 g/mol. The number of carbonyl (C=O) groups excluding carboxylic acids is 1. The van der Waals surface area contributed by atoms with Gasteiger partial charge in [-0.1, -0.05) is 12.5 Å². The first-order valence-corrected chi connectivity index (χ1v) is 11.0. The molecule has 2 saturated carbocycles. The fraction of sp³-hybridized carbons (Fsp3) is 0.556. The number of nitrogens with one attached hydrogen (secondary N) is 1. The topological polar surface area (TPSA) is 107 Å². The molecule has 0 saturated heterocycles. The van der Waals surface area contributed by atoms with E-state index in [-0.39, 0.29) is 41.2 Å². The second-order valence-corrected chi connectivity index (χ2v) is 9.56. The summed E-state index contributed by atoms with van der Waals surface area (Å²) in [6.07, 6.45) is 7.91. The lowest BCUT2D eigenvalue weighted by Gasteiger charge is -2.45. The van der Waals surface area contributed by atoms with Crippen molar-refractivity contribution >= 4 is 33.7 Å². The zero-order valence-electron chi connectivity index (χ0n) is 15.2. The molecule has 4 rings (SSSR count). The monoisotopic (exact) mass is 412 g/mol. The molecule has 2 aliphatic carbocycles. The van der Waals surface area contributed by atoms with Crippen LogP contribution in [0.4, 0.5) is 0 Å². The first kappa shape index (κ1) is 20.1. The first-order valence-electron chi connectivity index (χ1n) is 9.08. The molecule has 9 heteroatoms. The highest BCUT2D eigenvalue weighted by atomic mass is 35.5. The molecule has 27 heavy (non-hydrogen) atoms. The minimum absolute atomic E-state index is 0. The summed E-state index contributed by atoms with van der Waals surface area (Å²) in [7, 11) is -3.54. The fourth-order valence-electron chi connectivity index (χ4n) is 4.68. The molecule has 7 nitrogen and oxygen atoms in total. The number of imidazole rings is 1. The Kier molecular flexibility index (Phi) is 5.52. The van der Waals surface area contributed by atoms with Crippen LogP contribution in [0.5, 0.6) is 0 Å². The molecule has 0 radical (unpaired) electrons. The van der Waals surface area contributed by atoms with Gasteiger partial charge in [0.1, 0.15) is 0 Å². The van der Waals surface area contributed by atoms with Crippen LogP contribution in [0.15, 0.2) is 29.6 Å². The lowest BCUT2D eigenvalue weighted by Crippen LogP contribution is -2.53. The van der Waals surface area contributed by atoms with E-state index in [2.05, 4.69) is 10.3 Å². The lowest BCUT2D eigenvalue weighted by molar-refractivity contribution is 0.0753. The van der Waals surface area contributed by atoms with Crippen molar-refractivity contribution in [2.75, 3.05) is 6.26 Å². The molecule has 2 bridgehead atoms. The highest BCUT2D eigenvalue weighted by Crippen LogP contribution is 2.39. The number of sulfone groups is 1. The van der Waals surface area contributed by atoms with Gasteiger partial charge in [-0.2, -0.15) is 0 Å². The highest BCUT2D eigenvalue weighted by Gasteiger charge is 2.40. The SMILES string of the molecule is CS(=O)(=O)c1nc(C(=O)NC2C3CCCC2CC(N)C3)c2ccccn12.Cl. The summed E-state index contributed by atoms with van der Waals surface area (Å²) in [4.78, 5) is 17.1. The van der Waals surface area contributed by atoms with Crippen molar-refractivity contribution < 1.29 is 13.2 Å². The van der Waals surface area contributed by atoms with Crippen molar-refractivity contribution in [3.63, 3.8) is 0 Å². The smallest absolute Gasteiger partial charge is 0.272 e.